The molecule has 7 nitrogen and oxygen atoms in total. The quantitative estimate of drug-likeness (QED) is 0.530. The van der Waals surface area contributed by atoms with Crippen LogP contribution in [-0.2, 0) is 11.3 Å². The Morgan fingerprint density at radius 3 is 2.62 bits per heavy atom. The number of hydrogen-bond donors (Lipinski definition) is 1. The molecule has 1 N–H and O–H groups in total. The highest BCUT2D eigenvalue weighted by atomic mass is 16.7. The van der Waals surface area contributed by atoms with Crippen molar-refractivity contribution in [2.75, 3.05) is 34.0 Å². The van der Waals surface area contributed by atoms with Crippen molar-refractivity contribution in [2.45, 2.75) is 39.2 Å². The first-order valence-electron chi connectivity index (χ1n) is 11.6. The van der Waals surface area contributed by atoms with Crippen LogP contribution in [0.25, 0.3) is 11.0 Å². The van der Waals surface area contributed by atoms with Gasteiger partial charge >= 0.3 is 0 Å². The Hall–Kier alpha value is -3.16. The molecule has 0 bridgehead atoms. The fourth-order valence-corrected chi connectivity index (χ4v) is 4.73. The van der Waals surface area contributed by atoms with Crippen molar-refractivity contribution >= 4 is 16.9 Å². The van der Waals surface area contributed by atoms with Gasteiger partial charge in [0.2, 0.25) is 0 Å². The number of ether oxygens (including phenoxy) is 2. The predicted molar refractivity (Wildman–Crippen MR) is 132 cm³/mol. The van der Waals surface area contributed by atoms with Gasteiger partial charge in [0.15, 0.2) is 12.2 Å². The lowest BCUT2D eigenvalue weighted by Gasteiger charge is -2.32. The largest absolute Gasteiger partial charge is 0.467 e. The van der Waals surface area contributed by atoms with Gasteiger partial charge < -0.3 is 19.2 Å². The summed E-state index contributed by atoms with van der Waals surface area (Å²) in [5.74, 6) is 1.47. The van der Waals surface area contributed by atoms with Crippen molar-refractivity contribution < 1.29 is 18.7 Å². The number of piperidine rings is 1. The number of amides is 1. The number of hydrogen-bond acceptors (Lipinski definition) is 6. The molecule has 180 valence electrons. The third-order valence-corrected chi connectivity index (χ3v) is 6.58. The summed E-state index contributed by atoms with van der Waals surface area (Å²) in [6.45, 7) is 6.49. The first-order valence-corrected chi connectivity index (χ1v) is 11.6. The summed E-state index contributed by atoms with van der Waals surface area (Å²) in [6, 6.07) is 11.3. The topological polar surface area (TPSA) is 81.0 Å². The second-order valence-corrected chi connectivity index (χ2v) is 8.89. The molecule has 0 saturated carbocycles. The van der Waals surface area contributed by atoms with Gasteiger partial charge in [-0.3, -0.25) is 14.5 Å². The summed E-state index contributed by atoms with van der Waals surface area (Å²) in [6.07, 6.45) is 2.00. The Morgan fingerprint density at radius 1 is 1.15 bits per heavy atom. The standard InChI is InChI=1S/C27H32N2O5/c1-17-23(33-16-32-4)12-11-22-24(30)18(2)25(34-26(17)22)21-6-5-13-29(15-21)14-19-7-9-20(10-8-19)27(31)28-3/h7-12,21H,5-6,13-16H2,1-4H3,(H,28,31). The molecule has 2 aromatic carbocycles. The number of fused-ring (bicyclic) bond motifs is 1. The van der Waals surface area contributed by atoms with Crippen LogP contribution in [0.1, 0.15) is 51.6 Å². The molecule has 2 heterocycles. The third-order valence-electron chi connectivity index (χ3n) is 6.58. The van der Waals surface area contributed by atoms with Crippen LogP contribution in [0.4, 0.5) is 0 Å². The first kappa shape index (κ1) is 24.0. The van der Waals surface area contributed by atoms with E-state index in [2.05, 4.69) is 10.2 Å². The summed E-state index contributed by atoms with van der Waals surface area (Å²) in [7, 11) is 3.20. The number of nitrogens with zero attached hydrogens (tertiary/aromatic N) is 1. The van der Waals surface area contributed by atoms with Crippen LogP contribution in [0.3, 0.4) is 0 Å². The van der Waals surface area contributed by atoms with E-state index in [0.29, 0.717) is 27.8 Å². The number of carbonyl (C=O) groups is 1. The molecule has 1 aromatic heterocycles. The molecule has 0 aliphatic carbocycles. The third kappa shape index (κ3) is 4.86. The highest BCUT2D eigenvalue weighted by molar-refractivity contribution is 5.93. The van der Waals surface area contributed by atoms with Crippen LogP contribution >= 0.6 is 0 Å². The number of nitrogens with one attached hydrogen (secondary N) is 1. The van der Waals surface area contributed by atoms with Crippen molar-refractivity contribution in [2.24, 2.45) is 0 Å². The van der Waals surface area contributed by atoms with Gasteiger partial charge in [-0.1, -0.05) is 12.1 Å². The Morgan fingerprint density at radius 2 is 1.91 bits per heavy atom. The maximum atomic E-state index is 13.2. The number of carbonyl (C=O) groups excluding carboxylic acids is 1. The monoisotopic (exact) mass is 464 g/mol. The molecule has 7 heteroatoms. The van der Waals surface area contributed by atoms with Crippen molar-refractivity contribution in [1.29, 1.82) is 0 Å². The number of likely N-dealkylation sites (tertiary alicyclic amines) is 1. The molecule has 1 atom stereocenters. The second-order valence-electron chi connectivity index (χ2n) is 8.89. The Labute approximate surface area is 199 Å². The van der Waals surface area contributed by atoms with E-state index in [1.54, 1.807) is 26.3 Å². The Kier molecular flexibility index (Phi) is 7.34. The Balaban J connectivity index is 1.58. The van der Waals surface area contributed by atoms with Crippen LogP contribution in [0.2, 0.25) is 0 Å². The highest BCUT2D eigenvalue weighted by Crippen LogP contribution is 2.33. The SMILES string of the molecule is CNC(=O)c1ccc(CN2CCCC(c3oc4c(C)c(OCOC)ccc4c(=O)c3C)C2)cc1. The van der Waals surface area contributed by atoms with Gasteiger partial charge in [-0.25, -0.2) is 0 Å². The molecule has 0 spiro atoms. The molecule has 0 radical (unpaired) electrons. The van der Waals surface area contributed by atoms with Crippen molar-refractivity contribution in [3.63, 3.8) is 0 Å². The highest BCUT2D eigenvalue weighted by Gasteiger charge is 2.27. The number of aryl methyl sites for hydroxylation is 1. The summed E-state index contributed by atoms with van der Waals surface area (Å²) < 4.78 is 17.1. The van der Waals surface area contributed by atoms with E-state index in [1.165, 1.54) is 0 Å². The van der Waals surface area contributed by atoms with Crippen LogP contribution in [-0.4, -0.2) is 44.8 Å². The molecular weight excluding hydrogens is 432 g/mol. The van der Waals surface area contributed by atoms with Gasteiger partial charge in [0, 0.05) is 49.9 Å². The number of methoxy groups -OCH3 is 1. The molecule has 4 rings (SSSR count). The van der Waals surface area contributed by atoms with Gasteiger partial charge in [0.05, 0.1) is 5.39 Å². The van der Waals surface area contributed by atoms with Crippen molar-refractivity contribution in [3.8, 4) is 5.75 Å². The van der Waals surface area contributed by atoms with Crippen LogP contribution < -0.4 is 15.5 Å². The summed E-state index contributed by atoms with van der Waals surface area (Å²) >= 11 is 0. The normalized spacial score (nSPS) is 16.5. The minimum absolute atomic E-state index is 0.0135. The number of rotatable bonds is 7. The van der Waals surface area contributed by atoms with Gasteiger partial charge in [-0.15, -0.1) is 0 Å². The minimum Gasteiger partial charge on any atom is -0.467 e. The van der Waals surface area contributed by atoms with Gasteiger partial charge in [-0.05, 0) is 63.1 Å². The van der Waals surface area contributed by atoms with E-state index in [-0.39, 0.29) is 24.0 Å². The first-order chi connectivity index (χ1) is 16.4. The van der Waals surface area contributed by atoms with E-state index in [4.69, 9.17) is 13.9 Å². The minimum atomic E-state index is -0.0857. The zero-order valence-electron chi connectivity index (χ0n) is 20.3. The van der Waals surface area contributed by atoms with Crippen LogP contribution in [0.5, 0.6) is 5.75 Å². The van der Waals surface area contributed by atoms with Crippen molar-refractivity contribution in [3.05, 3.63) is 74.6 Å². The van der Waals surface area contributed by atoms with E-state index in [1.807, 2.05) is 38.1 Å². The summed E-state index contributed by atoms with van der Waals surface area (Å²) in [5, 5.41) is 3.22. The molecule has 1 amide bonds. The molecule has 1 saturated heterocycles. The maximum Gasteiger partial charge on any atom is 0.251 e. The van der Waals surface area contributed by atoms with Gasteiger partial charge in [0.1, 0.15) is 17.1 Å². The zero-order chi connectivity index (χ0) is 24.2. The maximum absolute atomic E-state index is 13.2. The fourth-order valence-electron chi connectivity index (χ4n) is 4.73. The summed E-state index contributed by atoms with van der Waals surface area (Å²) in [5.41, 5.74) is 3.89. The molecule has 1 fully saturated rings. The second kappa shape index (κ2) is 10.4. The van der Waals surface area contributed by atoms with E-state index >= 15 is 0 Å². The van der Waals surface area contributed by atoms with Crippen molar-refractivity contribution in [1.82, 2.24) is 10.2 Å². The molecule has 1 aliphatic heterocycles. The van der Waals surface area contributed by atoms with E-state index in [9.17, 15) is 9.59 Å². The van der Waals surface area contributed by atoms with Crippen LogP contribution in [0.15, 0.2) is 45.6 Å². The zero-order valence-corrected chi connectivity index (χ0v) is 20.3. The van der Waals surface area contributed by atoms with Crippen LogP contribution in [0, 0.1) is 13.8 Å². The van der Waals surface area contributed by atoms with Gasteiger partial charge in [0.25, 0.3) is 5.91 Å². The lowest BCUT2D eigenvalue weighted by Crippen LogP contribution is -2.34. The number of benzene rings is 2. The smallest absolute Gasteiger partial charge is 0.251 e. The fraction of sp³-hybridized carbons (Fsp3) is 0.407. The van der Waals surface area contributed by atoms with E-state index in [0.717, 1.165) is 49.4 Å². The predicted octanol–water partition coefficient (Wildman–Crippen LogP) is 4.13. The van der Waals surface area contributed by atoms with E-state index < -0.39 is 0 Å². The molecule has 1 aliphatic rings. The molecule has 34 heavy (non-hydrogen) atoms. The lowest BCUT2D eigenvalue weighted by atomic mass is 9.92. The lowest BCUT2D eigenvalue weighted by molar-refractivity contribution is 0.0507. The Bertz CT molecular complexity index is 1230. The average Bonchev–Trinajstić information content (AvgIpc) is 2.86. The van der Waals surface area contributed by atoms with Gasteiger partial charge in [-0.2, -0.15) is 0 Å². The summed E-state index contributed by atoms with van der Waals surface area (Å²) in [4.78, 5) is 27.4. The average molecular weight is 465 g/mol. The molecule has 3 aromatic rings. The molecular formula is C27H32N2O5. The molecule has 1 unspecified atom stereocenters.